The van der Waals surface area contributed by atoms with Gasteiger partial charge in [0.05, 0.1) is 12.2 Å². The summed E-state index contributed by atoms with van der Waals surface area (Å²) in [5.41, 5.74) is 5.41. The van der Waals surface area contributed by atoms with Gasteiger partial charge in [0.2, 0.25) is 0 Å². The summed E-state index contributed by atoms with van der Waals surface area (Å²) in [6.45, 7) is 2.81. The van der Waals surface area contributed by atoms with E-state index in [9.17, 15) is 0 Å². The highest BCUT2D eigenvalue weighted by atomic mass is 35.5. The van der Waals surface area contributed by atoms with Gasteiger partial charge in [0.25, 0.3) is 0 Å². The molecule has 1 aromatic heterocycles. The monoisotopic (exact) mass is 329 g/mol. The van der Waals surface area contributed by atoms with Crippen molar-refractivity contribution in [3.63, 3.8) is 0 Å². The summed E-state index contributed by atoms with van der Waals surface area (Å²) >= 11 is 6.36. The summed E-state index contributed by atoms with van der Waals surface area (Å²) in [6.07, 6.45) is 7.76. The SMILES string of the molecule is Clc1ccccc1Cn1nc(C2CCCCC2)c2c1CCNC2. The molecule has 0 atom stereocenters. The molecule has 1 aliphatic carbocycles. The fraction of sp³-hybridized carbons (Fsp3) is 0.526. The van der Waals surface area contributed by atoms with Crippen molar-refractivity contribution in [1.29, 1.82) is 0 Å². The van der Waals surface area contributed by atoms with Gasteiger partial charge < -0.3 is 5.32 Å². The van der Waals surface area contributed by atoms with E-state index in [1.165, 1.54) is 49.1 Å². The molecule has 0 saturated heterocycles. The Labute approximate surface area is 143 Å². The molecule has 23 heavy (non-hydrogen) atoms. The molecule has 1 N–H and O–H groups in total. The van der Waals surface area contributed by atoms with Crippen LogP contribution in [0, 0.1) is 0 Å². The summed E-state index contributed by atoms with van der Waals surface area (Å²) < 4.78 is 2.22. The lowest BCUT2D eigenvalue weighted by atomic mass is 9.84. The second-order valence-corrected chi connectivity index (χ2v) is 7.23. The molecule has 0 amide bonds. The van der Waals surface area contributed by atoms with Crippen molar-refractivity contribution >= 4 is 11.6 Å². The fourth-order valence-corrected chi connectivity index (χ4v) is 4.27. The van der Waals surface area contributed by atoms with Gasteiger partial charge in [-0.25, -0.2) is 0 Å². The molecular formula is C19H24ClN3. The van der Waals surface area contributed by atoms with E-state index in [0.29, 0.717) is 5.92 Å². The molecular weight excluding hydrogens is 306 g/mol. The van der Waals surface area contributed by atoms with Gasteiger partial charge >= 0.3 is 0 Å². The van der Waals surface area contributed by atoms with Gasteiger partial charge in [-0.2, -0.15) is 5.10 Å². The van der Waals surface area contributed by atoms with Gasteiger partial charge in [-0.1, -0.05) is 49.1 Å². The van der Waals surface area contributed by atoms with Crippen LogP contribution in [0.2, 0.25) is 5.02 Å². The molecule has 2 heterocycles. The molecule has 1 saturated carbocycles. The van der Waals surface area contributed by atoms with Crippen LogP contribution in [0.5, 0.6) is 0 Å². The molecule has 0 bridgehead atoms. The third-order valence-electron chi connectivity index (χ3n) is 5.31. The van der Waals surface area contributed by atoms with Crippen LogP contribution in [0.3, 0.4) is 0 Å². The number of aromatic nitrogens is 2. The Bertz CT molecular complexity index is 686. The molecule has 1 aromatic carbocycles. The van der Waals surface area contributed by atoms with Crippen molar-refractivity contribution < 1.29 is 0 Å². The number of hydrogen-bond acceptors (Lipinski definition) is 2. The molecule has 0 unspecified atom stereocenters. The van der Waals surface area contributed by atoms with E-state index >= 15 is 0 Å². The number of nitrogens with zero attached hydrogens (tertiary/aromatic N) is 2. The van der Waals surface area contributed by atoms with Crippen LogP contribution in [-0.2, 0) is 19.5 Å². The lowest BCUT2D eigenvalue weighted by Crippen LogP contribution is -2.25. The predicted molar refractivity (Wildman–Crippen MR) is 94.0 cm³/mol. The molecule has 3 nitrogen and oxygen atoms in total. The smallest absolute Gasteiger partial charge is 0.0703 e. The molecule has 2 aromatic rings. The van der Waals surface area contributed by atoms with Crippen molar-refractivity contribution in [3.05, 3.63) is 51.8 Å². The Balaban J connectivity index is 1.69. The third kappa shape index (κ3) is 3.05. The van der Waals surface area contributed by atoms with Crippen LogP contribution < -0.4 is 5.32 Å². The van der Waals surface area contributed by atoms with E-state index in [2.05, 4.69) is 22.1 Å². The van der Waals surface area contributed by atoms with Crippen LogP contribution >= 0.6 is 11.6 Å². The third-order valence-corrected chi connectivity index (χ3v) is 5.68. The first-order chi connectivity index (χ1) is 11.3. The standard InChI is InChI=1S/C19H24ClN3/c20-17-9-5-4-8-15(17)13-23-18-10-11-21-12-16(18)19(22-23)14-6-2-1-3-7-14/h4-5,8-9,14,21H,1-3,6-7,10-13H2. The van der Waals surface area contributed by atoms with Crippen LogP contribution in [0.15, 0.2) is 24.3 Å². The summed E-state index contributed by atoms with van der Waals surface area (Å²) in [6, 6.07) is 8.12. The van der Waals surface area contributed by atoms with Crippen molar-refractivity contribution in [2.45, 2.75) is 57.5 Å². The molecule has 4 rings (SSSR count). The Morgan fingerprint density at radius 3 is 2.83 bits per heavy atom. The average molecular weight is 330 g/mol. The van der Waals surface area contributed by atoms with Crippen LogP contribution in [0.1, 0.15) is 60.5 Å². The largest absolute Gasteiger partial charge is 0.312 e. The zero-order valence-electron chi connectivity index (χ0n) is 13.5. The summed E-state index contributed by atoms with van der Waals surface area (Å²) in [5.74, 6) is 0.657. The highest BCUT2D eigenvalue weighted by Gasteiger charge is 2.27. The molecule has 1 fully saturated rings. The Kier molecular flexibility index (Phi) is 4.41. The number of halogens is 1. The van der Waals surface area contributed by atoms with Gasteiger partial charge in [-0.15, -0.1) is 0 Å². The lowest BCUT2D eigenvalue weighted by Gasteiger charge is -2.22. The molecule has 4 heteroatoms. The van der Waals surface area contributed by atoms with Crippen LogP contribution in [-0.4, -0.2) is 16.3 Å². The number of rotatable bonds is 3. The van der Waals surface area contributed by atoms with Crippen LogP contribution in [0.4, 0.5) is 0 Å². The minimum absolute atomic E-state index is 0.657. The molecule has 0 spiro atoms. The average Bonchev–Trinajstić information content (AvgIpc) is 2.97. The van der Waals surface area contributed by atoms with Crippen LogP contribution in [0.25, 0.3) is 0 Å². The molecule has 0 radical (unpaired) electrons. The quantitative estimate of drug-likeness (QED) is 0.911. The first kappa shape index (κ1) is 15.2. The summed E-state index contributed by atoms with van der Waals surface area (Å²) in [4.78, 5) is 0. The number of nitrogens with one attached hydrogen (secondary N) is 1. The van der Waals surface area contributed by atoms with Crippen molar-refractivity contribution in [2.24, 2.45) is 0 Å². The first-order valence-electron chi connectivity index (χ1n) is 8.85. The molecule has 2 aliphatic rings. The van der Waals surface area contributed by atoms with Crippen molar-refractivity contribution in [2.75, 3.05) is 6.54 Å². The maximum atomic E-state index is 6.36. The van der Waals surface area contributed by atoms with Gasteiger partial charge in [-0.05, 0) is 24.5 Å². The van der Waals surface area contributed by atoms with Gasteiger partial charge in [0.15, 0.2) is 0 Å². The van der Waals surface area contributed by atoms with E-state index in [0.717, 1.165) is 36.6 Å². The molecule has 1 aliphatic heterocycles. The predicted octanol–water partition coefficient (Wildman–Crippen LogP) is 4.28. The zero-order valence-corrected chi connectivity index (χ0v) is 14.3. The van der Waals surface area contributed by atoms with Crippen molar-refractivity contribution in [3.8, 4) is 0 Å². The second-order valence-electron chi connectivity index (χ2n) is 6.82. The highest BCUT2D eigenvalue weighted by Crippen LogP contribution is 2.35. The topological polar surface area (TPSA) is 29.9 Å². The minimum atomic E-state index is 0.657. The Hall–Kier alpha value is -1.32. The van der Waals surface area contributed by atoms with E-state index in [1.54, 1.807) is 0 Å². The number of benzene rings is 1. The number of fused-ring (bicyclic) bond motifs is 1. The number of hydrogen-bond donors (Lipinski definition) is 1. The van der Waals surface area contributed by atoms with Gasteiger partial charge in [0, 0.05) is 41.7 Å². The molecule has 122 valence electrons. The van der Waals surface area contributed by atoms with E-state index < -0.39 is 0 Å². The highest BCUT2D eigenvalue weighted by molar-refractivity contribution is 6.31. The zero-order chi connectivity index (χ0) is 15.6. The normalized spacial score (nSPS) is 18.8. The lowest BCUT2D eigenvalue weighted by molar-refractivity contribution is 0.430. The van der Waals surface area contributed by atoms with Crippen molar-refractivity contribution in [1.82, 2.24) is 15.1 Å². The second kappa shape index (κ2) is 6.66. The van der Waals surface area contributed by atoms with E-state index in [-0.39, 0.29) is 0 Å². The Morgan fingerprint density at radius 1 is 1.17 bits per heavy atom. The summed E-state index contributed by atoms with van der Waals surface area (Å²) in [7, 11) is 0. The van der Waals surface area contributed by atoms with E-state index in [4.69, 9.17) is 16.7 Å². The minimum Gasteiger partial charge on any atom is -0.312 e. The first-order valence-corrected chi connectivity index (χ1v) is 9.23. The van der Waals surface area contributed by atoms with Gasteiger partial charge in [-0.3, -0.25) is 4.68 Å². The summed E-state index contributed by atoms with van der Waals surface area (Å²) in [5, 5.41) is 9.44. The maximum absolute atomic E-state index is 6.36. The fourth-order valence-electron chi connectivity index (χ4n) is 4.07. The van der Waals surface area contributed by atoms with E-state index in [1.807, 2.05) is 12.1 Å². The van der Waals surface area contributed by atoms with Gasteiger partial charge in [0.1, 0.15) is 0 Å². The maximum Gasteiger partial charge on any atom is 0.0703 e. The Morgan fingerprint density at radius 2 is 2.00 bits per heavy atom.